The van der Waals surface area contributed by atoms with Gasteiger partial charge in [-0.15, -0.1) is 5.10 Å². The SMILES string of the molecule is O=c1n(Cc2cc(F)cc(F)c2)nc2ccccn12. The van der Waals surface area contributed by atoms with Crippen molar-refractivity contribution in [2.24, 2.45) is 0 Å². The molecule has 6 heteroatoms. The van der Waals surface area contributed by atoms with E-state index in [1.54, 1.807) is 24.4 Å². The number of hydrogen-bond acceptors (Lipinski definition) is 2. The highest BCUT2D eigenvalue weighted by molar-refractivity contribution is 5.35. The second-order valence-corrected chi connectivity index (χ2v) is 4.15. The van der Waals surface area contributed by atoms with Gasteiger partial charge in [0.25, 0.3) is 0 Å². The van der Waals surface area contributed by atoms with Crippen LogP contribution in [-0.2, 0) is 6.54 Å². The van der Waals surface area contributed by atoms with Crippen LogP contribution in [0.25, 0.3) is 5.65 Å². The highest BCUT2D eigenvalue weighted by atomic mass is 19.1. The van der Waals surface area contributed by atoms with Crippen molar-refractivity contribution in [3.05, 3.63) is 70.3 Å². The fourth-order valence-electron chi connectivity index (χ4n) is 1.95. The zero-order valence-electron chi connectivity index (χ0n) is 9.75. The lowest BCUT2D eigenvalue weighted by atomic mass is 10.2. The van der Waals surface area contributed by atoms with Gasteiger partial charge >= 0.3 is 5.69 Å². The van der Waals surface area contributed by atoms with Gasteiger partial charge in [0.2, 0.25) is 0 Å². The van der Waals surface area contributed by atoms with Gasteiger partial charge in [-0.25, -0.2) is 18.3 Å². The summed E-state index contributed by atoms with van der Waals surface area (Å²) in [5.74, 6) is -1.35. The van der Waals surface area contributed by atoms with E-state index in [0.29, 0.717) is 11.2 Å². The zero-order valence-corrected chi connectivity index (χ0v) is 9.75. The third-order valence-electron chi connectivity index (χ3n) is 2.74. The first kappa shape index (κ1) is 11.6. The number of benzene rings is 1. The molecule has 2 aromatic heterocycles. The van der Waals surface area contributed by atoms with Gasteiger partial charge in [0.1, 0.15) is 11.6 Å². The number of halogens is 2. The Balaban J connectivity index is 2.06. The maximum atomic E-state index is 13.1. The van der Waals surface area contributed by atoms with E-state index in [4.69, 9.17) is 0 Å². The summed E-state index contributed by atoms with van der Waals surface area (Å²) >= 11 is 0. The third kappa shape index (κ3) is 2.12. The number of pyridine rings is 1. The van der Waals surface area contributed by atoms with Crippen molar-refractivity contribution in [1.82, 2.24) is 14.2 Å². The fraction of sp³-hybridized carbons (Fsp3) is 0.0769. The van der Waals surface area contributed by atoms with Gasteiger partial charge in [0, 0.05) is 12.3 Å². The van der Waals surface area contributed by atoms with Crippen molar-refractivity contribution in [3.8, 4) is 0 Å². The molecule has 0 aliphatic heterocycles. The average Bonchev–Trinajstić information content (AvgIpc) is 2.66. The minimum Gasteiger partial charge on any atom is -0.250 e. The van der Waals surface area contributed by atoms with Crippen molar-refractivity contribution < 1.29 is 8.78 Å². The molecule has 2 heterocycles. The van der Waals surface area contributed by atoms with Gasteiger partial charge in [0.15, 0.2) is 5.65 Å². The van der Waals surface area contributed by atoms with Crippen LogP contribution in [0, 0.1) is 11.6 Å². The van der Waals surface area contributed by atoms with Gasteiger partial charge < -0.3 is 0 Å². The summed E-state index contributed by atoms with van der Waals surface area (Å²) in [5, 5.41) is 4.09. The first-order valence-corrected chi connectivity index (χ1v) is 5.63. The summed E-state index contributed by atoms with van der Waals surface area (Å²) in [6.07, 6.45) is 1.59. The van der Waals surface area contributed by atoms with Crippen LogP contribution < -0.4 is 5.69 Å². The minimum atomic E-state index is -0.674. The summed E-state index contributed by atoms with van der Waals surface area (Å²) in [5.41, 5.74) is 0.493. The highest BCUT2D eigenvalue weighted by Gasteiger charge is 2.08. The van der Waals surface area contributed by atoms with Crippen LogP contribution in [0.5, 0.6) is 0 Å². The molecule has 4 nitrogen and oxygen atoms in total. The standard InChI is InChI=1S/C13H9F2N3O/c14-10-5-9(6-11(15)7-10)8-18-13(19)17-4-2-1-3-12(17)16-18/h1-7H,8H2. The monoisotopic (exact) mass is 261 g/mol. The van der Waals surface area contributed by atoms with Crippen molar-refractivity contribution in [3.63, 3.8) is 0 Å². The Labute approximate surface area is 106 Å². The molecule has 19 heavy (non-hydrogen) atoms. The largest absolute Gasteiger partial charge is 0.350 e. The van der Waals surface area contributed by atoms with Crippen molar-refractivity contribution in [2.75, 3.05) is 0 Å². The molecule has 0 aliphatic carbocycles. The van der Waals surface area contributed by atoms with E-state index in [0.717, 1.165) is 6.07 Å². The predicted octanol–water partition coefficient (Wildman–Crippen LogP) is 1.82. The van der Waals surface area contributed by atoms with Gasteiger partial charge in [-0.05, 0) is 29.8 Å². The zero-order chi connectivity index (χ0) is 13.4. The molecule has 0 saturated carbocycles. The summed E-state index contributed by atoms with van der Waals surface area (Å²) in [7, 11) is 0. The maximum Gasteiger partial charge on any atom is 0.350 e. The van der Waals surface area contributed by atoms with Crippen LogP contribution in [0.4, 0.5) is 8.78 Å². The molecule has 1 aromatic carbocycles. The van der Waals surface area contributed by atoms with Gasteiger partial charge in [0.05, 0.1) is 6.54 Å². The molecule has 0 radical (unpaired) electrons. The van der Waals surface area contributed by atoms with E-state index in [9.17, 15) is 13.6 Å². The van der Waals surface area contributed by atoms with Crippen LogP contribution >= 0.6 is 0 Å². The molecule has 0 fully saturated rings. The van der Waals surface area contributed by atoms with E-state index in [1.807, 2.05) is 0 Å². The molecule has 0 spiro atoms. The van der Waals surface area contributed by atoms with E-state index >= 15 is 0 Å². The molecule has 0 atom stereocenters. The van der Waals surface area contributed by atoms with Crippen molar-refractivity contribution in [1.29, 1.82) is 0 Å². The second-order valence-electron chi connectivity index (χ2n) is 4.15. The summed E-state index contributed by atoms with van der Waals surface area (Å²) < 4.78 is 28.7. The van der Waals surface area contributed by atoms with Crippen LogP contribution in [0.1, 0.15) is 5.56 Å². The van der Waals surface area contributed by atoms with Gasteiger partial charge in [-0.3, -0.25) is 4.40 Å². The van der Waals surface area contributed by atoms with E-state index in [2.05, 4.69) is 5.10 Å². The Kier molecular flexibility index (Phi) is 2.63. The summed E-state index contributed by atoms with van der Waals surface area (Å²) in [6, 6.07) is 8.30. The molecule has 0 bridgehead atoms. The maximum absolute atomic E-state index is 13.1. The van der Waals surface area contributed by atoms with E-state index in [1.165, 1.54) is 21.2 Å². The lowest BCUT2D eigenvalue weighted by molar-refractivity contribution is 0.572. The number of aromatic nitrogens is 3. The lowest BCUT2D eigenvalue weighted by Crippen LogP contribution is -2.21. The second kappa shape index (κ2) is 4.31. The van der Waals surface area contributed by atoms with E-state index < -0.39 is 11.6 Å². The highest BCUT2D eigenvalue weighted by Crippen LogP contribution is 2.09. The van der Waals surface area contributed by atoms with Crippen molar-refractivity contribution >= 4 is 5.65 Å². The molecular weight excluding hydrogens is 252 g/mol. The molecule has 96 valence electrons. The molecule has 0 saturated heterocycles. The van der Waals surface area contributed by atoms with Crippen LogP contribution in [-0.4, -0.2) is 14.2 Å². The molecule has 0 unspecified atom stereocenters. The first-order chi connectivity index (χ1) is 9.13. The Morgan fingerprint density at radius 3 is 2.53 bits per heavy atom. The fourth-order valence-corrected chi connectivity index (χ4v) is 1.95. The Morgan fingerprint density at radius 2 is 1.84 bits per heavy atom. The molecule has 3 aromatic rings. The number of fused-ring (bicyclic) bond motifs is 1. The Morgan fingerprint density at radius 1 is 1.11 bits per heavy atom. The Bertz CT molecular complexity index is 787. The topological polar surface area (TPSA) is 39.3 Å². The average molecular weight is 261 g/mol. The summed E-state index contributed by atoms with van der Waals surface area (Å²) in [4.78, 5) is 12.0. The molecule has 0 aliphatic rings. The molecule has 0 amide bonds. The van der Waals surface area contributed by atoms with Gasteiger partial charge in [-0.1, -0.05) is 6.07 Å². The van der Waals surface area contributed by atoms with Crippen LogP contribution in [0.2, 0.25) is 0 Å². The quantitative estimate of drug-likeness (QED) is 0.706. The lowest BCUT2D eigenvalue weighted by Gasteiger charge is -2.00. The normalized spacial score (nSPS) is 11.1. The van der Waals surface area contributed by atoms with E-state index in [-0.39, 0.29) is 12.2 Å². The smallest absolute Gasteiger partial charge is 0.250 e. The van der Waals surface area contributed by atoms with Gasteiger partial charge in [-0.2, -0.15) is 0 Å². The summed E-state index contributed by atoms with van der Waals surface area (Å²) in [6.45, 7) is 0.0230. The predicted molar refractivity (Wildman–Crippen MR) is 64.9 cm³/mol. The minimum absolute atomic E-state index is 0.0230. The Hall–Kier alpha value is -2.50. The number of rotatable bonds is 2. The van der Waals surface area contributed by atoms with Crippen LogP contribution in [0.3, 0.4) is 0 Å². The number of hydrogen-bond donors (Lipinski definition) is 0. The third-order valence-corrected chi connectivity index (χ3v) is 2.74. The molecular formula is C13H9F2N3O. The molecule has 3 rings (SSSR count). The number of nitrogens with zero attached hydrogens (tertiary/aromatic N) is 3. The van der Waals surface area contributed by atoms with Crippen LogP contribution in [0.15, 0.2) is 47.4 Å². The first-order valence-electron chi connectivity index (χ1n) is 5.63. The van der Waals surface area contributed by atoms with Crippen molar-refractivity contribution in [2.45, 2.75) is 6.54 Å². The molecule has 0 N–H and O–H groups in total.